The van der Waals surface area contributed by atoms with Gasteiger partial charge in [0, 0.05) is 18.2 Å². The van der Waals surface area contributed by atoms with Gasteiger partial charge in [0.1, 0.15) is 29.8 Å². The molecule has 0 aliphatic carbocycles. The lowest BCUT2D eigenvalue weighted by atomic mass is 10.2. The third-order valence-corrected chi connectivity index (χ3v) is 3.25. The summed E-state index contributed by atoms with van der Waals surface area (Å²) in [7, 11) is 0. The van der Waals surface area contributed by atoms with E-state index in [0.29, 0.717) is 18.2 Å². The van der Waals surface area contributed by atoms with Gasteiger partial charge >= 0.3 is 0 Å². The van der Waals surface area contributed by atoms with Crippen molar-refractivity contribution in [2.75, 3.05) is 23.5 Å². The number of rotatable bonds is 2. The van der Waals surface area contributed by atoms with Crippen molar-refractivity contribution in [1.82, 2.24) is 9.97 Å². The first-order valence-corrected chi connectivity index (χ1v) is 6.54. The minimum absolute atomic E-state index is 0.617. The number of aromatic nitrogens is 2. The Bertz CT molecular complexity index is 616. The summed E-state index contributed by atoms with van der Waals surface area (Å²) in [5.41, 5.74) is 3.73. The number of nitrogens with one attached hydrogen (secondary N) is 1. The van der Waals surface area contributed by atoms with Crippen molar-refractivity contribution in [3.05, 3.63) is 41.7 Å². The Morgan fingerprint density at radius 1 is 1.30 bits per heavy atom. The fourth-order valence-electron chi connectivity index (χ4n) is 2.31. The van der Waals surface area contributed by atoms with Crippen LogP contribution in [0.25, 0.3) is 0 Å². The van der Waals surface area contributed by atoms with E-state index >= 15 is 0 Å². The first-order chi connectivity index (χ1) is 9.76. The second kappa shape index (κ2) is 5.34. The molecule has 0 spiro atoms. The summed E-state index contributed by atoms with van der Waals surface area (Å²) < 4.78 is 5.76. The maximum atomic E-state index is 5.76. The van der Waals surface area contributed by atoms with Crippen LogP contribution in [0.3, 0.4) is 0 Å². The molecule has 1 aliphatic rings. The normalized spacial score (nSPS) is 14.2. The Balaban J connectivity index is 1.93. The molecule has 3 N–H and O–H groups in total. The second-order valence-corrected chi connectivity index (χ2v) is 4.68. The molecule has 3 rings (SSSR count). The Hall–Kier alpha value is -2.34. The fourth-order valence-corrected chi connectivity index (χ4v) is 2.31. The Kier molecular flexibility index (Phi) is 3.39. The van der Waals surface area contributed by atoms with E-state index in [9.17, 15) is 0 Å². The Morgan fingerprint density at radius 2 is 2.15 bits per heavy atom. The molecular formula is C14H17N5O. The predicted molar refractivity (Wildman–Crippen MR) is 77.6 cm³/mol. The number of hydrogen-bond acceptors (Lipinski definition) is 6. The van der Waals surface area contributed by atoms with Crippen LogP contribution in [-0.2, 0) is 6.54 Å². The van der Waals surface area contributed by atoms with Crippen LogP contribution in [0.4, 0.5) is 11.6 Å². The van der Waals surface area contributed by atoms with Crippen molar-refractivity contribution < 1.29 is 4.74 Å². The molecule has 104 valence electrons. The summed E-state index contributed by atoms with van der Waals surface area (Å²) in [5.74, 6) is 8.54. The minimum atomic E-state index is 0.617. The first-order valence-electron chi connectivity index (χ1n) is 6.54. The van der Waals surface area contributed by atoms with Crippen LogP contribution in [0.2, 0.25) is 0 Å². The van der Waals surface area contributed by atoms with E-state index in [2.05, 4.69) is 26.4 Å². The van der Waals surface area contributed by atoms with Crippen molar-refractivity contribution in [2.45, 2.75) is 13.5 Å². The molecule has 0 saturated heterocycles. The monoisotopic (exact) mass is 271 g/mol. The molecular weight excluding hydrogens is 254 g/mol. The highest BCUT2D eigenvalue weighted by atomic mass is 16.5. The standard InChI is InChI=1S/C14H17N5O/c1-10-16-13(18-15)8-14(17-10)19-6-7-20-12-5-3-2-4-11(12)9-19/h2-5,8H,6-7,9,15H2,1H3,(H,16,17,18). The highest BCUT2D eigenvalue weighted by Gasteiger charge is 2.17. The van der Waals surface area contributed by atoms with E-state index in [1.165, 1.54) is 0 Å². The summed E-state index contributed by atoms with van der Waals surface area (Å²) >= 11 is 0. The predicted octanol–water partition coefficient (Wildman–Crippen LogP) is 1.47. The number of nitrogens with two attached hydrogens (primary N) is 1. The van der Waals surface area contributed by atoms with Crippen molar-refractivity contribution in [3.8, 4) is 5.75 Å². The van der Waals surface area contributed by atoms with Gasteiger partial charge < -0.3 is 15.1 Å². The van der Waals surface area contributed by atoms with Crippen LogP contribution >= 0.6 is 0 Å². The van der Waals surface area contributed by atoms with Crippen LogP contribution in [0, 0.1) is 6.92 Å². The van der Waals surface area contributed by atoms with Crippen LogP contribution in [0.15, 0.2) is 30.3 Å². The van der Waals surface area contributed by atoms with Crippen molar-refractivity contribution in [2.24, 2.45) is 5.84 Å². The number of para-hydroxylation sites is 1. The molecule has 0 radical (unpaired) electrons. The number of nitrogen functional groups attached to an aromatic ring is 1. The van der Waals surface area contributed by atoms with Gasteiger partial charge in [0.05, 0.1) is 6.54 Å². The molecule has 2 aromatic rings. The number of hydrogen-bond donors (Lipinski definition) is 2. The molecule has 1 aliphatic heterocycles. The molecule has 1 aromatic heterocycles. The van der Waals surface area contributed by atoms with Gasteiger partial charge in [-0.3, -0.25) is 0 Å². The average Bonchev–Trinajstić information content (AvgIpc) is 2.68. The smallest absolute Gasteiger partial charge is 0.145 e. The van der Waals surface area contributed by atoms with Gasteiger partial charge in [0.2, 0.25) is 0 Å². The third-order valence-electron chi connectivity index (χ3n) is 3.25. The molecule has 0 unspecified atom stereocenters. The van der Waals surface area contributed by atoms with Gasteiger partial charge in [-0.05, 0) is 13.0 Å². The zero-order valence-electron chi connectivity index (χ0n) is 11.3. The van der Waals surface area contributed by atoms with Gasteiger partial charge in [-0.25, -0.2) is 15.8 Å². The number of aryl methyl sites for hydroxylation is 1. The topological polar surface area (TPSA) is 76.3 Å². The van der Waals surface area contributed by atoms with Gasteiger partial charge in [0.25, 0.3) is 0 Å². The minimum Gasteiger partial charge on any atom is -0.491 e. The zero-order valence-corrected chi connectivity index (χ0v) is 11.3. The Labute approximate surface area is 117 Å². The summed E-state index contributed by atoms with van der Waals surface area (Å²) in [6, 6.07) is 9.92. The van der Waals surface area contributed by atoms with E-state index < -0.39 is 0 Å². The molecule has 6 heteroatoms. The molecule has 0 bridgehead atoms. The van der Waals surface area contributed by atoms with E-state index in [4.69, 9.17) is 10.6 Å². The largest absolute Gasteiger partial charge is 0.491 e. The molecule has 1 aromatic carbocycles. The molecule has 0 atom stereocenters. The Morgan fingerprint density at radius 3 is 3.00 bits per heavy atom. The highest BCUT2D eigenvalue weighted by Crippen LogP contribution is 2.25. The number of benzene rings is 1. The quantitative estimate of drug-likeness (QED) is 0.636. The molecule has 0 fully saturated rings. The van der Waals surface area contributed by atoms with Crippen LogP contribution in [-0.4, -0.2) is 23.1 Å². The second-order valence-electron chi connectivity index (χ2n) is 4.68. The lowest BCUT2D eigenvalue weighted by molar-refractivity contribution is 0.331. The van der Waals surface area contributed by atoms with Crippen LogP contribution in [0.1, 0.15) is 11.4 Å². The lowest BCUT2D eigenvalue weighted by Gasteiger charge is -2.21. The number of nitrogens with zero attached hydrogens (tertiary/aromatic N) is 3. The summed E-state index contributed by atoms with van der Waals surface area (Å²) in [5, 5.41) is 0. The van der Waals surface area contributed by atoms with Gasteiger partial charge in [0.15, 0.2) is 0 Å². The molecule has 20 heavy (non-hydrogen) atoms. The van der Waals surface area contributed by atoms with E-state index in [-0.39, 0.29) is 0 Å². The van der Waals surface area contributed by atoms with Crippen molar-refractivity contribution in [1.29, 1.82) is 0 Å². The van der Waals surface area contributed by atoms with Gasteiger partial charge in [-0.15, -0.1) is 0 Å². The molecule has 2 heterocycles. The van der Waals surface area contributed by atoms with E-state index in [1.807, 2.05) is 31.2 Å². The summed E-state index contributed by atoms with van der Waals surface area (Å²) in [6.45, 7) is 4.02. The van der Waals surface area contributed by atoms with E-state index in [0.717, 1.165) is 30.2 Å². The zero-order chi connectivity index (χ0) is 13.9. The van der Waals surface area contributed by atoms with Gasteiger partial charge in [-0.1, -0.05) is 18.2 Å². The summed E-state index contributed by atoms with van der Waals surface area (Å²) in [6.07, 6.45) is 0. The third kappa shape index (κ3) is 2.50. The maximum absolute atomic E-state index is 5.76. The number of hydrazine groups is 1. The lowest BCUT2D eigenvalue weighted by Crippen LogP contribution is -2.27. The fraction of sp³-hybridized carbons (Fsp3) is 0.286. The van der Waals surface area contributed by atoms with E-state index in [1.54, 1.807) is 0 Å². The van der Waals surface area contributed by atoms with Crippen molar-refractivity contribution in [3.63, 3.8) is 0 Å². The molecule has 6 nitrogen and oxygen atoms in total. The summed E-state index contributed by atoms with van der Waals surface area (Å²) in [4.78, 5) is 10.9. The average molecular weight is 271 g/mol. The highest BCUT2D eigenvalue weighted by molar-refractivity contribution is 5.50. The molecule has 0 amide bonds. The van der Waals surface area contributed by atoms with Crippen LogP contribution < -0.4 is 20.9 Å². The number of ether oxygens (including phenoxy) is 1. The maximum Gasteiger partial charge on any atom is 0.145 e. The van der Waals surface area contributed by atoms with Gasteiger partial charge in [-0.2, -0.15) is 0 Å². The first kappa shape index (κ1) is 12.7. The van der Waals surface area contributed by atoms with Crippen molar-refractivity contribution >= 4 is 11.6 Å². The van der Waals surface area contributed by atoms with Crippen LogP contribution in [0.5, 0.6) is 5.75 Å². The number of anilines is 2. The number of fused-ring (bicyclic) bond motifs is 1. The molecule has 0 saturated carbocycles. The SMILES string of the molecule is Cc1nc(NN)cc(N2CCOc3ccccc3C2)n1.